The fraction of sp³-hybridized carbons (Fsp3) is 0.529. The molecule has 0 saturated carbocycles. The summed E-state index contributed by atoms with van der Waals surface area (Å²) in [6.45, 7) is 8.73. The average Bonchev–Trinajstić information content (AvgIpc) is 2.44. The summed E-state index contributed by atoms with van der Waals surface area (Å²) in [6, 6.07) is 4.00. The van der Waals surface area contributed by atoms with E-state index in [1.807, 2.05) is 13.8 Å². The molecule has 0 spiro atoms. The highest BCUT2D eigenvalue weighted by molar-refractivity contribution is 5.95. The van der Waals surface area contributed by atoms with Crippen molar-refractivity contribution >= 4 is 23.4 Å². The maximum Gasteiger partial charge on any atom is 0.415 e. The molecule has 1 aromatic carbocycles. The molecular weight excluding hydrogens is 328 g/mol. The monoisotopic (exact) mass is 352 g/mol. The summed E-state index contributed by atoms with van der Waals surface area (Å²) >= 11 is 0. The molecule has 0 bridgehead atoms. The van der Waals surface area contributed by atoms with E-state index in [-0.39, 0.29) is 23.7 Å². The maximum absolute atomic E-state index is 12.6. The Morgan fingerprint density at radius 3 is 2.12 bits per heavy atom. The fourth-order valence-corrected chi connectivity index (χ4v) is 2.22. The first-order valence-electron chi connectivity index (χ1n) is 7.92. The number of nitro benzene ring substituents is 1. The van der Waals surface area contributed by atoms with Crippen LogP contribution in [0.2, 0.25) is 0 Å². The summed E-state index contributed by atoms with van der Waals surface area (Å²) in [5.41, 5.74) is -0.728. The number of hydrogen-bond acceptors (Lipinski definition) is 5. The number of carbonyl (C=O) groups is 2. The highest BCUT2D eigenvalue weighted by Crippen LogP contribution is 2.26. The molecule has 0 aromatic heterocycles. The molecule has 0 aliphatic rings. The summed E-state index contributed by atoms with van der Waals surface area (Å²) in [4.78, 5) is 35.6. The molecule has 1 aromatic rings. The average molecular weight is 352 g/mol. The number of nitrogens with zero attached hydrogens (tertiary/aromatic N) is 2. The Labute approximate surface area is 146 Å². The lowest BCUT2D eigenvalue weighted by Gasteiger charge is -2.32. The number of hydrogen-bond donors (Lipinski definition) is 1. The Kier molecular flexibility index (Phi) is 6.49. The molecule has 138 valence electrons. The lowest BCUT2D eigenvalue weighted by atomic mass is 10.0. The van der Waals surface area contributed by atoms with E-state index in [0.717, 1.165) is 4.90 Å². The van der Waals surface area contributed by atoms with Crippen molar-refractivity contribution in [1.29, 1.82) is 0 Å². The normalized spacial score (nSPS) is 12.6. The first-order valence-corrected chi connectivity index (χ1v) is 7.92. The summed E-state index contributed by atoms with van der Waals surface area (Å²) in [6.07, 6.45) is -0.597. The van der Waals surface area contributed by atoms with Gasteiger partial charge in [-0.25, -0.2) is 9.59 Å². The van der Waals surface area contributed by atoms with Crippen molar-refractivity contribution in [3.63, 3.8) is 0 Å². The van der Waals surface area contributed by atoms with Crippen molar-refractivity contribution in [1.82, 2.24) is 0 Å². The number of amides is 1. The maximum atomic E-state index is 12.6. The molecule has 1 rings (SSSR count). The molecule has 8 heteroatoms. The highest BCUT2D eigenvalue weighted by atomic mass is 16.6. The second kappa shape index (κ2) is 7.96. The first kappa shape index (κ1) is 20.4. The summed E-state index contributed by atoms with van der Waals surface area (Å²) in [5.74, 6) is -1.15. The number of carboxylic acid groups (broad SMARTS) is 1. The zero-order valence-electron chi connectivity index (χ0n) is 15.1. The number of benzene rings is 1. The van der Waals surface area contributed by atoms with E-state index >= 15 is 0 Å². The van der Waals surface area contributed by atoms with E-state index in [0.29, 0.717) is 0 Å². The van der Waals surface area contributed by atoms with Gasteiger partial charge in [0.2, 0.25) is 0 Å². The number of carboxylic acids is 1. The van der Waals surface area contributed by atoms with Gasteiger partial charge in [-0.3, -0.25) is 15.0 Å². The van der Waals surface area contributed by atoms with E-state index in [1.165, 1.54) is 24.3 Å². The van der Waals surface area contributed by atoms with Gasteiger partial charge in [0.15, 0.2) is 0 Å². The number of nitro groups is 1. The Bertz CT molecular complexity index is 634. The third-order valence-electron chi connectivity index (χ3n) is 3.22. The Balaban J connectivity index is 3.32. The number of non-ortho nitro benzene ring substituents is 1. The number of rotatable bonds is 6. The molecule has 0 heterocycles. The van der Waals surface area contributed by atoms with Crippen LogP contribution in [-0.2, 0) is 9.53 Å². The van der Waals surface area contributed by atoms with E-state index in [1.54, 1.807) is 20.8 Å². The molecule has 0 radical (unpaired) electrons. The minimum absolute atomic E-state index is 0.0177. The Morgan fingerprint density at radius 2 is 1.76 bits per heavy atom. The molecule has 0 aliphatic heterocycles. The van der Waals surface area contributed by atoms with Gasteiger partial charge in [0.25, 0.3) is 5.69 Å². The number of carbonyl (C=O) groups excluding carboxylic acids is 1. The molecule has 8 nitrogen and oxygen atoms in total. The van der Waals surface area contributed by atoms with Gasteiger partial charge in [-0.05, 0) is 45.2 Å². The Morgan fingerprint density at radius 1 is 1.24 bits per heavy atom. The van der Waals surface area contributed by atoms with Crippen LogP contribution in [0.1, 0.15) is 41.0 Å². The van der Waals surface area contributed by atoms with Crippen LogP contribution in [-0.4, -0.2) is 33.7 Å². The van der Waals surface area contributed by atoms with Crippen molar-refractivity contribution in [3.05, 3.63) is 34.4 Å². The van der Waals surface area contributed by atoms with Crippen molar-refractivity contribution in [3.8, 4) is 0 Å². The third-order valence-corrected chi connectivity index (χ3v) is 3.22. The molecule has 25 heavy (non-hydrogen) atoms. The fourth-order valence-electron chi connectivity index (χ4n) is 2.22. The van der Waals surface area contributed by atoms with Crippen LogP contribution < -0.4 is 4.90 Å². The van der Waals surface area contributed by atoms with Gasteiger partial charge in [0, 0.05) is 17.8 Å². The van der Waals surface area contributed by atoms with Gasteiger partial charge in [0.1, 0.15) is 11.6 Å². The standard InChI is InChI=1S/C17H24N2O6/c1-11(2)10-14(15(20)21)18(16(22)25-17(3,4)5)12-6-8-13(9-7-12)19(23)24/h6-9,11,14H,10H2,1-5H3,(H,20,21)/t14-/m0/s1. The molecule has 0 unspecified atom stereocenters. The lowest BCUT2D eigenvalue weighted by Crippen LogP contribution is -2.48. The minimum Gasteiger partial charge on any atom is -0.480 e. The molecule has 0 fully saturated rings. The largest absolute Gasteiger partial charge is 0.480 e. The molecular formula is C17H24N2O6. The molecule has 1 atom stereocenters. The van der Waals surface area contributed by atoms with Crippen molar-refractivity contribution in [2.75, 3.05) is 4.90 Å². The van der Waals surface area contributed by atoms with Crippen LogP contribution in [0, 0.1) is 16.0 Å². The van der Waals surface area contributed by atoms with Gasteiger partial charge in [-0.1, -0.05) is 13.8 Å². The quantitative estimate of drug-likeness (QED) is 0.615. The summed E-state index contributed by atoms with van der Waals surface area (Å²) < 4.78 is 5.33. The molecule has 0 saturated heterocycles. The van der Waals surface area contributed by atoms with E-state index in [4.69, 9.17) is 4.74 Å². The summed E-state index contributed by atoms with van der Waals surface area (Å²) in [7, 11) is 0. The zero-order valence-corrected chi connectivity index (χ0v) is 15.1. The van der Waals surface area contributed by atoms with E-state index in [9.17, 15) is 24.8 Å². The number of anilines is 1. The van der Waals surface area contributed by atoms with E-state index in [2.05, 4.69) is 0 Å². The number of aliphatic carboxylic acids is 1. The van der Waals surface area contributed by atoms with Crippen LogP contribution in [0.15, 0.2) is 24.3 Å². The second-order valence-electron chi connectivity index (χ2n) is 7.11. The molecule has 1 N–H and O–H groups in total. The van der Waals surface area contributed by atoms with Gasteiger partial charge in [-0.15, -0.1) is 0 Å². The molecule has 1 amide bonds. The highest BCUT2D eigenvalue weighted by Gasteiger charge is 2.34. The minimum atomic E-state index is -1.17. The van der Waals surface area contributed by atoms with Gasteiger partial charge >= 0.3 is 12.1 Å². The third kappa shape index (κ3) is 6.06. The SMILES string of the molecule is CC(C)C[C@@H](C(=O)O)N(C(=O)OC(C)(C)C)c1ccc([N+](=O)[O-])cc1. The van der Waals surface area contributed by atoms with E-state index < -0.39 is 28.6 Å². The van der Waals surface area contributed by atoms with Crippen molar-refractivity contribution in [2.24, 2.45) is 5.92 Å². The van der Waals surface area contributed by atoms with Gasteiger partial charge in [-0.2, -0.15) is 0 Å². The van der Waals surface area contributed by atoms with Crippen LogP contribution >= 0.6 is 0 Å². The van der Waals surface area contributed by atoms with Crippen molar-refractivity contribution < 1.29 is 24.4 Å². The van der Waals surface area contributed by atoms with Crippen LogP contribution in [0.5, 0.6) is 0 Å². The van der Waals surface area contributed by atoms with Gasteiger partial charge in [0.05, 0.1) is 4.92 Å². The second-order valence-corrected chi connectivity index (χ2v) is 7.11. The number of ether oxygens (including phenoxy) is 1. The topological polar surface area (TPSA) is 110 Å². The zero-order chi connectivity index (χ0) is 19.4. The predicted octanol–water partition coefficient (Wildman–Crippen LogP) is 3.84. The van der Waals surface area contributed by atoms with Crippen molar-refractivity contribution in [2.45, 2.75) is 52.7 Å². The smallest absolute Gasteiger partial charge is 0.415 e. The first-order chi connectivity index (χ1) is 11.4. The van der Waals surface area contributed by atoms with Crippen LogP contribution in [0.25, 0.3) is 0 Å². The lowest BCUT2D eigenvalue weighted by molar-refractivity contribution is -0.384. The Hall–Kier alpha value is -2.64. The molecule has 0 aliphatic carbocycles. The van der Waals surface area contributed by atoms with Crippen LogP contribution in [0.4, 0.5) is 16.2 Å². The van der Waals surface area contributed by atoms with Gasteiger partial charge < -0.3 is 9.84 Å². The predicted molar refractivity (Wildman–Crippen MR) is 92.7 cm³/mol. The van der Waals surface area contributed by atoms with Crippen LogP contribution in [0.3, 0.4) is 0 Å². The summed E-state index contributed by atoms with van der Waals surface area (Å²) in [5, 5.41) is 20.4.